The zero-order chi connectivity index (χ0) is 22.4. The molecule has 1 atom stereocenters. The van der Waals surface area contributed by atoms with Gasteiger partial charge in [0.15, 0.2) is 11.5 Å². The Morgan fingerprint density at radius 3 is 2.85 bits per heavy atom. The summed E-state index contributed by atoms with van der Waals surface area (Å²) in [4.78, 5) is 23.1. The summed E-state index contributed by atoms with van der Waals surface area (Å²) >= 11 is 0. The third-order valence-corrected chi connectivity index (χ3v) is 5.85. The first-order valence-corrected chi connectivity index (χ1v) is 10.5. The van der Waals surface area contributed by atoms with Gasteiger partial charge in [0.25, 0.3) is 5.91 Å². The number of carbonyl (C=O) groups excluding carboxylic acids is 1. The molecule has 0 spiro atoms. The van der Waals surface area contributed by atoms with E-state index in [-0.39, 0.29) is 18.1 Å². The minimum atomic E-state index is -0.671. The Morgan fingerprint density at radius 2 is 2.12 bits per heavy atom. The zero-order valence-corrected chi connectivity index (χ0v) is 19.2. The molecular weight excluding hydrogens is 444 g/mol. The highest BCUT2D eigenvalue weighted by atomic mass is 35.5. The summed E-state index contributed by atoms with van der Waals surface area (Å²) in [6.45, 7) is 3.15. The molecule has 1 aromatic carbocycles. The van der Waals surface area contributed by atoms with Gasteiger partial charge in [0.1, 0.15) is 0 Å². The third-order valence-electron chi connectivity index (χ3n) is 5.85. The lowest BCUT2D eigenvalue weighted by Crippen LogP contribution is -2.38. The van der Waals surface area contributed by atoms with Crippen LogP contribution in [0.3, 0.4) is 0 Å². The number of primary amides is 1. The second kappa shape index (κ2) is 8.84. The molecule has 3 N–H and O–H groups in total. The highest BCUT2D eigenvalue weighted by Gasteiger charge is 2.27. The van der Waals surface area contributed by atoms with Crippen molar-refractivity contribution in [2.75, 3.05) is 18.0 Å². The van der Waals surface area contributed by atoms with Crippen LogP contribution in [0.5, 0.6) is 0 Å². The molecule has 10 heteroatoms. The van der Waals surface area contributed by atoms with Crippen LogP contribution in [0.2, 0.25) is 0 Å². The van der Waals surface area contributed by atoms with Gasteiger partial charge < -0.3 is 20.2 Å². The Kier molecular flexibility index (Phi) is 6.09. The van der Waals surface area contributed by atoms with Crippen molar-refractivity contribution in [3.63, 3.8) is 0 Å². The monoisotopic (exact) mass is 468 g/mol. The molecule has 4 aromatic rings. The molecule has 33 heavy (non-hydrogen) atoms. The highest BCUT2D eigenvalue weighted by molar-refractivity contribution is 6.01. The Bertz CT molecular complexity index is 1330. The quantitative estimate of drug-likeness (QED) is 0.471. The van der Waals surface area contributed by atoms with Crippen molar-refractivity contribution in [3.8, 4) is 22.8 Å². The number of rotatable bonds is 4. The van der Waals surface area contributed by atoms with Gasteiger partial charge in [-0.2, -0.15) is 5.10 Å². The molecule has 4 heterocycles. The number of anilines is 1. The number of aliphatic hydroxyl groups is 1. The molecule has 0 radical (unpaired) electrons. The fourth-order valence-corrected chi connectivity index (χ4v) is 4.28. The molecule has 1 aliphatic heterocycles. The van der Waals surface area contributed by atoms with E-state index < -0.39 is 12.0 Å². The summed E-state index contributed by atoms with van der Waals surface area (Å²) in [5.74, 6) is -0.0651. The van der Waals surface area contributed by atoms with E-state index in [0.29, 0.717) is 29.3 Å². The van der Waals surface area contributed by atoms with Crippen molar-refractivity contribution < 1.29 is 14.3 Å². The van der Waals surface area contributed by atoms with Gasteiger partial charge in [0, 0.05) is 54.2 Å². The Labute approximate surface area is 196 Å². The molecule has 0 saturated carbocycles. The van der Waals surface area contributed by atoms with E-state index in [1.165, 1.54) is 0 Å². The van der Waals surface area contributed by atoms with E-state index in [2.05, 4.69) is 20.0 Å². The third kappa shape index (κ3) is 4.17. The standard InChI is InChI=1S/C23H24N6O3.ClH/c1-13-8-14(5-6-25-13)23-27-20(22(24)31)21(32-23)17-10-18-15(11-26-28(18)2)9-19(17)29-7-3-4-16(30)12-29;/h5-6,8-11,16,30H,3-4,7,12H2,1-2H3,(H2,24,31);1H. The molecule has 3 aromatic heterocycles. The van der Waals surface area contributed by atoms with E-state index in [9.17, 15) is 9.90 Å². The van der Waals surface area contributed by atoms with Crippen LogP contribution in [0.4, 0.5) is 5.69 Å². The van der Waals surface area contributed by atoms with Crippen LogP contribution in [-0.4, -0.2) is 50.0 Å². The maximum absolute atomic E-state index is 12.3. The first-order chi connectivity index (χ1) is 15.4. The second-order valence-electron chi connectivity index (χ2n) is 8.19. The van der Waals surface area contributed by atoms with Crippen molar-refractivity contribution in [2.45, 2.75) is 25.9 Å². The minimum Gasteiger partial charge on any atom is -0.435 e. The molecule has 1 fully saturated rings. The number of carbonyl (C=O) groups is 1. The van der Waals surface area contributed by atoms with Gasteiger partial charge in [-0.1, -0.05) is 0 Å². The number of aliphatic hydroxyl groups excluding tert-OH is 1. The number of nitrogens with two attached hydrogens (primary N) is 1. The van der Waals surface area contributed by atoms with Crippen molar-refractivity contribution in [1.29, 1.82) is 0 Å². The average molecular weight is 469 g/mol. The SMILES string of the molecule is Cc1cc(-c2nc(C(N)=O)c(-c3cc4c(cnn4C)cc3N3CCCC(O)C3)o2)ccn1.Cl. The number of hydrogen-bond acceptors (Lipinski definition) is 7. The van der Waals surface area contributed by atoms with Gasteiger partial charge >= 0.3 is 0 Å². The predicted octanol–water partition coefficient (Wildman–Crippen LogP) is 3.08. The van der Waals surface area contributed by atoms with Crippen LogP contribution in [0.15, 0.2) is 41.1 Å². The van der Waals surface area contributed by atoms with Crippen LogP contribution in [0.25, 0.3) is 33.7 Å². The maximum Gasteiger partial charge on any atom is 0.271 e. The first kappa shape index (κ1) is 22.8. The number of aryl methyl sites for hydroxylation is 2. The fourth-order valence-electron chi connectivity index (χ4n) is 4.28. The van der Waals surface area contributed by atoms with Crippen molar-refractivity contribution in [1.82, 2.24) is 19.7 Å². The summed E-state index contributed by atoms with van der Waals surface area (Å²) < 4.78 is 7.93. The van der Waals surface area contributed by atoms with Crippen LogP contribution in [0, 0.1) is 6.92 Å². The Morgan fingerprint density at radius 1 is 1.30 bits per heavy atom. The van der Waals surface area contributed by atoms with Crippen molar-refractivity contribution >= 4 is 34.9 Å². The number of oxazole rings is 1. The lowest BCUT2D eigenvalue weighted by Gasteiger charge is -2.33. The van der Waals surface area contributed by atoms with E-state index >= 15 is 0 Å². The molecule has 172 valence electrons. The molecule has 0 bridgehead atoms. The molecule has 1 unspecified atom stereocenters. The number of nitrogens with zero attached hydrogens (tertiary/aromatic N) is 5. The highest BCUT2D eigenvalue weighted by Crippen LogP contribution is 2.39. The van der Waals surface area contributed by atoms with Crippen LogP contribution < -0.4 is 10.6 Å². The largest absolute Gasteiger partial charge is 0.435 e. The van der Waals surface area contributed by atoms with E-state index in [1.807, 2.05) is 32.2 Å². The van der Waals surface area contributed by atoms with Gasteiger partial charge in [0.2, 0.25) is 5.89 Å². The van der Waals surface area contributed by atoms with Crippen molar-refractivity contribution in [2.24, 2.45) is 12.8 Å². The molecule has 1 aliphatic rings. The van der Waals surface area contributed by atoms with E-state index in [4.69, 9.17) is 10.2 Å². The van der Waals surface area contributed by atoms with Crippen LogP contribution >= 0.6 is 12.4 Å². The number of hydrogen-bond donors (Lipinski definition) is 2. The first-order valence-electron chi connectivity index (χ1n) is 10.5. The summed E-state index contributed by atoms with van der Waals surface area (Å²) in [6.07, 6.45) is 4.68. The average Bonchev–Trinajstić information content (AvgIpc) is 3.37. The summed E-state index contributed by atoms with van der Waals surface area (Å²) in [5, 5.41) is 15.6. The number of halogens is 1. The molecule has 5 rings (SSSR count). The smallest absolute Gasteiger partial charge is 0.271 e. The number of benzene rings is 1. The second-order valence-corrected chi connectivity index (χ2v) is 8.19. The molecule has 0 aliphatic carbocycles. The van der Waals surface area contributed by atoms with E-state index in [1.54, 1.807) is 23.1 Å². The van der Waals surface area contributed by atoms with Gasteiger partial charge in [-0.3, -0.25) is 14.5 Å². The maximum atomic E-state index is 12.3. The number of pyridine rings is 1. The van der Waals surface area contributed by atoms with Crippen LogP contribution in [0.1, 0.15) is 29.0 Å². The number of aromatic nitrogens is 4. The normalized spacial score (nSPS) is 16.1. The zero-order valence-electron chi connectivity index (χ0n) is 18.4. The lowest BCUT2D eigenvalue weighted by molar-refractivity contribution is 0.0996. The lowest BCUT2D eigenvalue weighted by atomic mass is 10.0. The van der Waals surface area contributed by atoms with Gasteiger partial charge in [-0.05, 0) is 44.0 Å². The van der Waals surface area contributed by atoms with Gasteiger partial charge in [-0.25, -0.2) is 4.98 Å². The number of β-amino-alcohol motifs (C(OH)–C–C–N with tert-alkyl or cyclic N) is 1. The predicted molar refractivity (Wildman–Crippen MR) is 127 cm³/mol. The van der Waals surface area contributed by atoms with Gasteiger partial charge in [0.05, 0.1) is 17.8 Å². The van der Waals surface area contributed by atoms with Crippen molar-refractivity contribution in [3.05, 3.63) is 48.0 Å². The number of piperidine rings is 1. The number of amides is 1. The summed E-state index contributed by atoms with van der Waals surface area (Å²) in [5.41, 5.74) is 9.70. The minimum absolute atomic E-state index is 0. The Hall–Kier alpha value is -3.43. The van der Waals surface area contributed by atoms with Gasteiger partial charge in [-0.15, -0.1) is 12.4 Å². The fraction of sp³-hybridized carbons (Fsp3) is 0.304. The molecule has 1 amide bonds. The van der Waals surface area contributed by atoms with E-state index in [0.717, 1.165) is 41.7 Å². The summed E-state index contributed by atoms with van der Waals surface area (Å²) in [7, 11) is 1.86. The number of fused-ring (bicyclic) bond motifs is 1. The topological polar surface area (TPSA) is 123 Å². The Balaban J connectivity index is 0.00000259. The summed E-state index contributed by atoms with van der Waals surface area (Å²) in [6, 6.07) is 7.57. The molecule has 1 saturated heterocycles. The van der Waals surface area contributed by atoms with Crippen LogP contribution in [-0.2, 0) is 7.05 Å². The molecule has 9 nitrogen and oxygen atoms in total. The molecular formula is C23H25ClN6O3.